The van der Waals surface area contributed by atoms with Gasteiger partial charge < -0.3 is 9.52 Å². The van der Waals surface area contributed by atoms with E-state index in [2.05, 4.69) is 4.98 Å². The Kier molecular flexibility index (Phi) is 3.38. The van der Waals surface area contributed by atoms with Crippen LogP contribution in [0.5, 0.6) is 0 Å². The van der Waals surface area contributed by atoms with Crippen molar-refractivity contribution in [1.29, 1.82) is 0 Å². The van der Waals surface area contributed by atoms with E-state index in [1.54, 1.807) is 0 Å². The van der Waals surface area contributed by atoms with Gasteiger partial charge in [-0.3, -0.25) is 0 Å². The first kappa shape index (κ1) is 12.6. The molecule has 2 rings (SSSR count). The lowest BCUT2D eigenvalue weighted by molar-refractivity contribution is -0.137. The lowest BCUT2D eigenvalue weighted by Gasteiger charge is -2.06. The number of rotatable bonds is 3. The maximum Gasteiger partial charge on any atom is 0.416 e. The topological polar surface area (TPSA) is 46.3 Å². The van der Waals surface area contributed by atoms with Gasteiger partial charge >= 0.3 is 6.18 Å². The van der Waals surface area contributed by atoms with Crippen LogP contribution in [0, 0.1) is 0 Å². The van der Waals surface area contributed by atoms with Crippen LogP contribution in [0.3, 0.4) is 0 Å². The molecule has 0 bridgehead atoms. The minimum absolute atomic E-state index is 0.0903. The zero-order chi connectivity index (χ0) is 13.2. The fourth-order valence-corrected chi connectivity index (χ4v) is 1.48. The summed E-state index contributed by atoms with van der Waals surface area (Å²) in [6.45, 7) is -0.0903. The number of alkyl halides is 3. The molecule has 0 fully saturated rings. The van der Waals surface area contributed by atoms with Crippen LogP contribution in [0.15, 0.2) is 34.9 Å². The molecular formula is C12H10F3NO2. The zero-order valence-corrected chi connectivity index (χ0v) is 9.24. The van der Waals surface area contributed by atoms with E-state index in [9.17, 15) is 13.2 Å². The van der Waals surface area contributed by atoms with Gasteiger partial charge in [0.1, 0.15) is 12.0 Å². The Hall–Kier alpha value is -1.82. The number of oxazole rings is 1. The SMILES string of the molecule is OCCc1nc(-c2ccc(C(F)(F)F)cc2)co1. The predicted molar refractivity (Wildman–Crippen MR) is 57.7 cm³/mol. The summed E-state index contributed by atoms with van der Waals surface area (Å²) in [7, 11) is 0. The fraction of sp³-hybridized carbons (Fsp3) is 0.250. The summed E-state index contributed by atoms with van der Waals surface area (Å²) in [5.41, 5.74) is 0.286. The molecule has 0 unspecified atom stereocenters. The molecule has 0 radical (unpaired) electrons. The number of hydrogen-bond donors (Lipinski definition) is 1. The first-order valence-electron chi connectivity index (χ1n) is 5.23. The van der Waals surface area contributed by atoms with E-state index < -0.39 is 11.7 Å². The molecule has 96 valence electrons. The summed E-state index contributed by atoms with van der Waals surface area (Å²) in [4.78, 5) is 4.05. The van der Waals surface area contributed by atoms with Crippen LogP contribution in [-0.2, 0) is 12.6 Å². The summed E-state index contributed by atoms with van der Waals surface area (Å²) in [6, 6.07) is 4.66. The van der Waals surface area contributed by atoms with Crippen molar-refractivity contribution in [3.8, 4) is 11.3 Å². The molecule has 1 aromatic heterocycles. The average molecular weight is 257 g/mol. The standard InChI is InChI=1S/C12H10F3NO2/c13-12(14,15)9-3-1-8(2-4-9)10-7-18-11(16-10)5-6-17/h1-4,7,17H,5-6H2. The van der Waals surface area contributed by atoms with E-state index in [-0.39, 0.29) is 13.0 Å². The van der Waals surface area contributed by atoms with Crippen LogP contribution >= 0.6 is 0 Å². The van der Waals surface area contributed by atoms with Gasteiger partial charge in [0, 0.05) is 12.0 Å². The fourth-order valence-electron chi connectivity index (χ4n) is 1.48. The highest BCUT2D eigenvalue weighted by atomic mass is 19.4. The molecule has 1 heterocycles. The van der Waals surface area contributed by atoms with Crippen molar-refractivity contribution >= 4 is 0 Å². The third-order valence-corrected chi connectivity index (χ3v) is 2.39. The van der Waals surface area contributed by atoms with Gasteiger partial charge in [-0.25, -0.2) is 4.98 Å². The molecule has 0 atom stereocenters. The molecule has 0 saturated heterocycles. The van der Waals surface area contributed by atoms with Gasteiger partial charge in [0.25, 0.3) is 0 Å². The first-order chi connectivity index (χ1) is 8.50. The summed E-state index contributed by atoms with van der Waals surface area (Å²) >= 11 is 0. The van der Waals surface area contributed by atoms with Crippen LogP contribution in [0.1, 0.15) is 11.5 Å². The molecule has 0 spiro atoms. The highest BCUT2D eigenvalue weighted by molar-refractivity contribution is 5.58. The lowest BCUT2D eigenvalue weighted by Crippen LogP contribution is -2.04. The van der Waals surface area contributed by atoms with Gasteiger partial charge in [0.15, 0.2) is 5.89 Å². The van der Waals surface area contributed by atoms with E-state index in [1.165, 1.54) is 18.4 Å². The van der Waals surface area contributed by atoms with Crippen molar-refractivity contribution in [1.82, 2.24) is 4.98 Å². The van der Waals surface area contributed by atoms with Crippen molar-refractivity contribution < 1.29 is 22.7 Å². The third kappa shape index (κ3) is 2.70. The van der Waals surface area contributed by atoms with Gasteiger partial charge in [0.2, 0.25) is 0 Å². The molecule has 3 nitrogen and oxygen atoms in total. The summed E-state index contributed by atoms with van der Waals surface area (Å²) in [6.07, 6.45) is -2.71. The Balaban J connectivity index is 2.23. The molecule has 1 N–H and O–H groups in total. The van der Waals surface area contributed by atoms with Crippen LogP contribution in [-0.4, -0.2) is 16.7 Å². The second-order valence-corrected chi connectivity index (χ2v) is 3.68. The molecule has 0 aliphatic carbocycles. The smallest absolute Gasteiger partial charge is 0.416 e. The third-order valence-electron chi connectivity index (χ3n) is 2.39. The predicted octanol–water partition coefficient (Wildman–Crippen LogP) is 2.90. The van der Waals surface area contributed by atoms with Gasteiger partial charge in [-0.2, -0.15) is 13.2 Å². The second-order valence-electron chi connectivity index (χ2n) is 3.68. The number of hydrogen-bond acceptors (Lipinski definition) is 3. The highest BCUT2D eigenvalue weighted by Crippen LogP contribution is 2.30. The molecular weight excluding hydrogens is 247 g/mol. The Morgan fingerprint density at radius 3 is 2.39 bits per heavy atom. The number of aliphatic hydroxyl groups is 1. The van der Waals surface area contributed by atoms with Crippen molar-refractivity contribution in [3.63, 3.8) is 0 Å². The van der Waals surface area contributed by atoms with E-state index in [4.69, 9.17) is 9.52 Å². The minimum atomic E-state index is -4.34. The Bertz CT molecular complexity index is 517. The van der Waals surface area contributed by atoms with Crippen molar-refractivity contribution in [2.24, 2.45) is 0 Å². The number of halogens is 3. The van der Waals surface area contributed by atoms with E-state index >= 15 is 0 Å². The molecule has 18 heavy (non-hydrogen) atoms. The summed E-state index contributed by atoms with van der Waals surface area (Å²) < 4.78 is 42.2. The highest BCUT2D eigenvalue weighted by Gasteiger charge is 2.30. The Morgan fingerprint density at radius 2 is 1.83 bits per heavy atom. The molecule has 0 amide bonds. The van der Waals surface area contributed by atoms with Gasteiger partial charge in [-0.1, -0.05) is 12.1 Å². The number of benzene rings is 1. The van der Waals surface area contributed by atoms with Crippen molar-refractivity contribution in [2.75, 3.05) is 6.61 Å². The Morgan fingerprint density at radius 1 is 1.17 bits per heavy atom. The van der Waals surface area contributed by atoms with Gasteiger partial charge in [-0.05, 0) is 12.1 Å². The zero-order valence-electron chi connectivity index (χ0n) is 9.24. The summed E-state index contributed by atoms with van der Waals surface area (Å²) in [5, 5.41) is 8.70. The van der Waals surface area contributed by atoms with E-state index in [1.807, 2.05) is 0 Å². The molecule has 0 aliphatic heterocycles. The van der Waals surface area contributed by atoms with E-state index in [0.717, 1.165) is 12.1 Å². The van der Waals surface area contributed by atoms with Crippen molar-refractivity contribution in [3.05, 3.63) is 42.0 Å². The minimum Gasteiger partial charge on any atom is -0.448 e. The molecule has 0 aliphatic rings. The van der Waals surface area contributed by atoms with Gasteiger partial charge in [0.05, 0.1) is 12.2 Å². The quantitative estimate of drug-likeness (QED) is 0.919. The largest absolute Gasteiger partial charge is 0.448 e. The van der Waals surface area contributed by atoms with Crippen molar-refractivity contribution in [2.45, 2.75) is 12.6 Å². The maximum absolute atomic E-state index is 12.4. The lowest BCUT2D eigenvalue weighted by atomic mass is 10.1. The van der Waals surface area contributed by atoms with Crippen LogP contribution in [0.4, 0.5) is 13.2 Å². The average Bonchev–Trinajstić information content (AvgIpc) is 2.77. The Labute approximate surface area is 101 Å². The maximum atomic E-state index is 12.4. The number of aromatic nitrogens is 1. The van der Waals surface area contributed by atoms with E-state index in [0.29, 0.717) is 17.1 Å². The van der Waals surface area contributed by atoms with Gasteiger partial charge in [-0.15, -0.1) is 0 Å². The molecule has 1 aromatic carbocycles. The van der Waals surface area contributed by atoms with Crippen LogP contribution < -0.4 is 0 Å². The van der Waals surface area contributed by atoms with Crippen LogP contribution in [0.2, 0.25) is 0 Å². The second kappa shape index (κ2) is 4.81. The molecule has 6 heteroatoms. The normalized spacial score (nSPS) is 11.8. The number of nitrogens with zero attached hydrogens (tertiary/aromatic N) is 1. The first-order valence-corrected chi connectivity index (χ1v) is 5.23. The molecule has 2 aromatic rings. The monoisotopic (exact) mass is 257 g/mol. The van der Waals surface area contributed by atoms with Crippen LogP contribution in [0.25, 0.3) is 11.3 Å². The molecule has 0 saturated carbocycles. The summed E-state index contributed by atoms with van der Waals surface area (Å²) in [5.74, 6) is 0.354. The number of aliphatic hydroxyl groups excluding tert-OH is 1.